The highest BCUT2D eigenvalue weighted by Crippen LogP contribution is 2.53. The molecule has 1 saturated heterocycles. The zero-order valence-electron chi connectivity index (χ0n) is 20.7. The van der Waals surface area contributed by atoms with E-state index in [2.05, 4.69) is 5.32 Å². The van der Waals surface area contributed by atoms with Gasteiger partial charge in [-0.25, -0.2) is 0 Å². The van der Waals surface area contributed by atoms with Gasteiger partial charge in [-0.1, -0.05) is 0 Å². The van der Waals surface area contributed by atoms with Crippen LogP contribution in [0.25, 0.3) is 5.76 Å². The van der Waals surface area contributed by atoms with E-state index < -0.39 is 58.0 Å². The number of nitrogens with zero attached hydrogens (tertiary/aromatic N) is 1. The van der Waals surface area contributed by atoms with Gasteiger partial charge in [-0.3, -0.25) is 14.4 Å². The number of anilines is 1. The van der Waals surface area contributed by atoms with Crippen molar-refractivity contribution >= 4 is 28.9 Å². The molecule has 1 amide bonds. The standard InChI is InChI=1S/C26H31N3O8/c1-29(2)15-3-4-16(30)18-13(15)9-11-10-14-20(28-12-5-7-37-8-6-12)22(32)19(25(27)35)24(34)26(14,36)23(33)17(11)21(18)31/h3-4,11-12,14,20,28,30-31,34,36H,5-10H2,1-2H3,(H2,27,35)/t11-,14-,20+,26-/m0/s1. The number of aliphatic hydroxyl groups is 3. The molecule has 1 aliphatic heterocycles. The van der Waals surface area contributed by atoms with Gasteiger partial charge in [-0.15, -0.1) is 0 Å². The number of carbonyl (C=O) groups is 3. The predicted molar refractivity (Wildman–Crippen MR) is 132 cm³/mol. The largest absolute Gasteiger partial charge is 0.508 e. The monoisotopic (exact) mass is 513 g/mol. The van der Waals surface area contributed by atoms with Gasteiger partial charge in [0, 0.05) is 50.5 Å². The number of carbonyl (C=O) groups excluding carboxylic acids is 3. The molecule has 4 aliphatic rings. The number of ether oxygens (including phenoxy) is 1. The van der Waals surface area contributed by atoms with Gasteiger partial charge in [0.25, 0.3) is 5.91 Å². The Bertz CT molecular complexity index is 1260. The number of hydrogen-bond donors (Lipinski definition) is 6. The van der Waals surface area contributed by atoms with E-state index in [1.165, 1.54) is 6.07 Å². The maximum absolute atomic E-state index is 13.9. The van der Waals surface area contributed by atoms with E-state index in [0.717, 1.165) is 5.69 Å². The highest BCUT2D eigenvalue weighted by molar-refractivity contribution is 6.24. The minimum Gasteiger partial charge on any atom is -0.508 e. The van der Waals surface area contributed by atoms with Crippen molar-refractivity contribution in [1.82, 2.24) is 5.32 Å². The lowest BCUT2D eigenvalue weighted by Gasteiger charge is -2.49. The Balaban J connectivity index is 1.67. The summed E-state index contributed by atoms with van der Waals surface area (Å²) in [4.78, 5) is 41.4. The fourth-order valence-electron chi connectivity index (χ4n) is 6.39. The molecule has 37 heavy (non-hydrogen) atoms. The minimum atomic E-state index is -2.66. The number of Topliss-reactive ketones (excluding diaryl/α,β-unsaturated/α-hetero) is 2. The van der Waals surface area contributed by atoms with Crippen molar-refractivity contribution in [3.05, 3.63) is 40.2 Å². The first-order valence-electron chi connectivity index (χ1n) is 12.3. The van der Waals surface area contributed by atoms with E-state index in [1.807, 2.05) is 19.0 Å². The Kier molecular flexibility index (Phi) is 6.05. The number of primary amides is 1. The molecule has 2 fully saturated rings. The number of hydrogen-bond acceptors (Lipinski definition) is 10. The summed E-state index contributed by atoms with van der Waals surface area (Å²) in [5.41, 5.74) is 3.21. The van der Waals surface area contributed by atoms with Crippen LogP contribution in [0, 0.1) is 11.8 Å². The Morgan fingerprint density at radius 2 is 1.84 bits per heavy atom. The number of aliphatic hydroxyl groups excluding tert-OH is 2. The van der Waals surface area contributed by atoms with E-state index in [1.54, 1.807) is 6.07 Å². The van der Waals surface area contributed by atoms with Crippen LogP contribution in [0.1, 0.15) is 30.4 Å². The van der Waals surface area contributed by atoms with E-state index in [4.69, 9.17) is 10.5 Å². The predicted octanol–water partition coefficient (Wildman–Crippen LogP) is 0.237. The number of phenols is 1. The van der Waals surface area contributed by atoms with Crippen molar-refractivity contribution in [2.45, 2.75) is 43.4 Å². The van der Waals surface area contributed by atoms with E-state index >= 15 is 0 Å². The van der Waals surface area contributed by atoms with Crippen molar-refractivity contribution in [2.75, 3.05) is 32.2 Å². The lowest BCUT2D eigenvalue weighted by atomic mass is 9.57. The average molecular weight is 514 g/mol. The molecule has 11 nitrogen and oxygen atoms in total. The van der Waals surface area contributed by atoms with Gasteiger partial charge in [0.2, 0.25) is 5.78 Å². The number of benzene rings is 1. The number of rotatable bonds is 4. The summed E-state index contributed by atoms with van der Waals surface area (Å²) in [6.45, 7) is 0.931. The Morgan fingerprint density at radius 1 is 1.16 bits per heavy atom. The topological polar surface area (TPSA) is 183 Å². The molecule has 7 N–H and O–H groups in total. The van der Waals surface area contributed by atoms with Gasteiger partial charge in [-0.2, -0.15) is 0 Å². The highest BCUT2D eigenvalue weighted by Gasteiger charge is 2.64. The molecule has 1 aromatic rings. The smallest absolute Gasteiger partial charge is 0.255 e. The molecule has 0 aromatic heterocycles. The van der Waals surface area contributed by atoms with Gasteiger partial charge in [0.1, 0.15) is 22.8 Å². The Labute approximate surface area is 213 Å². The molecule has 5 rings (SSSR count). The van der Waals surface area contributed by atoms with Gasteiger partial charge >= 0.3 is 0 Å². The molecular formula is C26H31N3O8. The molecule has 3 aliphatic carbocycles. The van der Waals surface area contributed by atoms with Crippen LogP contribution in [-0.2, 0) is 25.5 Å². The summed E-state index contributed by atoms with van der Waals surface area (Å²) < 4.78 is 5.38. The first-order valence-corrected chi connectivity index (χ1v) is 12.3. The third kappa shape index (κ3) is 3.64. The summed E-state index contributed by atoms with van der Waals surface area (Å²) in [5.74, 6) is -6.62. The summed E-state index contributed by atoms with van der Waals surface area (Å²) in [5, 5.41) is 47.8. The van der Waals surface area contributed by atoms with Crippen LogP contribution in [-0.4, -0.2) is 82.9 Å². The highest BCUT2D eigenvalue weighted by atomic mass is 16.5. The Hall–Kier alpha value is -3.41. The lowest BCUT2D eigenvalue weighted by molar-refractivity contribution is -0.150. The zero-order valence-corrected chi connectivity index (χ0v) is 20.7. The number of ketones is 2. The number of nitrogens with one attached hydrogen (secondary N) is 1. The van der Waals surface area contributed by atoms with Crippen molar-refractivity contribution in [1.29, 1.82) is 0 Å². The van der Waals surface area contributed by atoms with Crippen molar-refractivity contribution in [2.24, 2.45) is 17.6 Å². The van der Waals surface area contributed by atoms with Gasteiger partial charge < -0.3 is 41.1 Å². The first-order chi connectivity index (χ1) is 17.5. The molecule has 0 unspecified atom stereocenters. The molecule has 0 radical (unpaired) electrons. The molecule has 1 saturated carbocycles. The van der Waals surface area contributed by atoms with Crippen LogP contribution in [0.3, 0.4) is 0 Å². The third-order valence-corrected chi connectivity index (χ3v) is 8.18. The van der Waals surface area contributed by atoms with Gasteiger partial charge in [-0.05, 0) is 49.3 Å². The van der Waals surface area contributed by atoms with Crippen LogP contribution in [0.4, 0.5) is 5.69 Å². The van der Waals surface area contributed by atoms with Crippen LogP contribution < -0.4 is 16.0 Å². The second kappa shape index (κ2) is 8.86. The van der Waals surface area contributed by atoms with E-state index in [9.17, 15) is 34.8 Å². The van der Waals surface area contributed by atoms with Crippen LogP contribution in [0.15, 0.2) is 29.0 Å². The third-order valence-electron chi connectivity index (χ3n) is 8.18. The Morgan fingerprint density at radius 3 is 2.46 bits per heavy atom. The molecule has 11 heteroatoms. The summed E-state index contributed by atoms with van der Waals surface area (Å²) in [6, 6.07) is 1.77. The first kappa shape index (κ1) is 25.2. The SMILES string of the molecule is CN(C)c1ccc(O)c2c1C[C@H]1C[C@H]3[C@@H](NC4CCOCC4)C(=O)C(C(N)=O)=C(O)[C@@]3(O)C(=O)C1=C2O. The van der Waals surface area contributed by atoms with E-state index in [0.29, 0.717) is 31.6 Å². The quantitative estimate of drug-likeness (QED) is 0.305. The average Bonchev–Trinajstić information content (AvgIpc) is 2.84. The van der Waals surface area contributed by atoms with Crippen LogP contribution >= 0.6 is 0 Å². The van der Waals surface area contributed by atoms with Gasteiger partial charge in [0.05, 0.1) is 11.6 Å². The number of amides is 1. The molecular weight excluding hydrogens is 482 g/mol. The minimum absolute atomic E-state index is 0.0479. The fourth-order valence-corrected chi connectivity index (χ4v) is 6.39. The van der Waals surface area contributed by atoms with Crippen molar-refractivity contribution in [3.63, 3.8) is 0 Å². The normalized spacial score (nSPS) is 30.1. The summed E-state index contributed by atoms with van der Waals surface area (Å²) >= 11 is 0. The number of fused-ring (bicyclic) bond motifs is 3. The van der Waals surface area contributed by atoms with Crippen molar-refractivity contribution < 1.29 is 39.5 Å². The second-order valence-electron chi connectivity index (χ2n) is 10.4. The van der Waals surface area contributed by atoms with E-state index in [-0.39, 0.29) is 35.8 Å². The molecule has 0 spiro atoms. The van der Waals surface area contributed by atoms with Gasteiger partial charge in [0.15, 0.2) is 11.4 Å². The lowest BCUT2D eigenvalue weighted by Crippen LogP contribution is -2.67. The molecule has 4 atom stereocenters. The summed E-state index contributed by atoms with van der Waals surface area (Å²) in [6.07, 6.45) is 1.46. The molecule has 1 heterocycles. The number of aromatic hydroxyl groups is 1. The molecule has 1 aromatic carbocycles. The number of phenolic OH excluding ortho intramolecular Hbond substituents is 1. The van der Waals surface area contributed by atoms with Crippen molar-refractivity contribution in [3.8, 4) is 5.75 Å². The zero-order chi connectivity index (χ0) is 26.8. The fraction of sp³-hybridized carbons (Fsp3) is 0.500. The summed E-state index contributed by atoms with van der Waals surface area (Å²) in [7, 11) is 3.63. The molecule has 0 bridgehead atoms. The number of nitrogens with two attached hydrogens (primary N) is 1. The van der Waals surface area contributed by atoms with Crippen LogP contribution in [0.5, 0.6) is 5.75 Å². The maximum atomic E-state index is 13.9. The maximum Gasteiger partial charge on any atom is 0.255 e. The molecule has 198 valence electrons. The second-order valence-corrected chi connectivity index (χ2v) is 10.4. The van der Waals surface area contributed by atoms with Crippen LogP contribution in [0.2, 0.25) is 0 Å².